The van der Waals surface area contributed by atoms with Crippen molar-refractivity contribution < 1.29 is 19.5 Å². The van der Waals surface area contributed by atoms with Crippen molar-refractivity contribution in [3.63, 3.8) is 0 Å². The summed E-state index contributed by atoms with van der Waals surface area (Å²) in [6.45, 7) is 2.89. The van der Waals surface area contributed by atoms with Crippen LogP contribution < -0.4 is 0 Å². The highest BCUT2D eigenvalue weighted by molar-refractivity contribution is 6.05. The summed E-state index contributed by atoms with van der Waals surface area (Å²) < 4.78 is 0. The fraction of sp³-hybridized carbons (Fsp3) is 0.286. The van der Waals surface area contributed by atoms with Gasteiger partial charge in [-0.05, 0) is 31.9 Å². The number of likely N-dealkylation sites (tertiary alicyclic amines) is 1. The molecule has 5 heteroatoms. The van der Waals surface area contributed by atoms with Gasteiger partial charge in [-0.25, -0.2) is 4.79 Å². The average Bonchev–Trinajstić information content (AvgIpc) is 2.67. The van der Waals surface area contributed by atoms with Gasteiger partial charge in [0.2, 0.25) is 0 Å². The molecule has 0 radical (unpaired) electrons. The Bertz CT molecular complexity index is 833. The van der Waals surface area contributed by atoms with Gasteiger partial charge in [0.1, 0.15) is 0 Å². The van der Waals surface area contributed by atoms with Gasteiger partial charge in [-0.15, -0.1) is 0 Å². The number of piperidine rings is 1. The van der Waals surface area contributed by atoms with Crippen LogP contribution in [0.3, 0.4) is 0 Å². The summed E-state index contributed by atoms with van der Waals surface area (Å²) in [5, 5.41) is 9.26. The highest BCUT2D eigenvalue weighted by atomic mass is 16.4. The van der Waals surface area contributed by atoms with E-state index in [-0.39, 0.29) is 28.7 Å². The number of carbonyl (C=O) groups excluding carboxylic acids is 2. The molecule has 2 aromatic carbocycles. The largest absolute Gasteiger partial charge is 0.478 e. The van der Waals surface area contributed by atoms with Crippen LogP contribution in [0.2, 0.25) is 0 Å². The predicted molar refractivity (Wildman–Crippen MR) is 97.5 cm³/mol. The molecule has 2 aromatic rings. The van der Waals surface area contributed by atoms with Crippen molar-refractivity contribution in [1.29, 1.82) is 0 Å². The van der Waals surface area contributed by atoms with E-state index in [1.807, 2.05) is 31.2 Å². The van der Waals surface area contributed by atoms with Gasteiger partial charge in [0.15, 0.2) is 5.78 Å². The van der Waals surface area contributed by atoms with Gasteiger partial charge < -0.3 is 10.0 Å². The second-order valence-corrected chi connectivity index (χ2v) is 6.65. The van der Waals surface area contributed by atoms with Crippen molar-refractivity contribution in [2.45, 2.75) is 19.8 Å². The summed E-state index contributed by atoms with van der Waals surface area (Å²) in [6, 6.07) is 13.8. The lowest BCUT2D eigenvalue weighted by atomic mass is 9.88. The highest BCUT2D eigenvalue weighted by Gasteiger charge is 2.29. The fourth-order valence-electron chi connectivity index (χ4n) is 3.32. The Balaban J connectivity index is 1.67. The number of carbonyl (C=O) groups is 3. The van der Waals surface area contributed by atoms with Gasteiger partial charge in [-0.1, -0.05) is 42.0 Å². The zero-order chi connectivity index (χ0) is 18.7. The number of rotatable bonds is 4. The van der Waals surface area contributed by atoms with E-state index in [1.165, 1.54) is 12.1 Å². The Labute approximate surface area is 152 Å². The van der Waals surface area contributed by atoms with Crippen LogP contribution in [0.15, 0.2) is 48.5 Å². The lowest BCUT2D eigenvalue weighted by molar-refractivity contribution is 0.0632. The molecule has 0 aromatic heterocycles. The maximum absolute atomic E-state index is 12.7. The third kappa shape index (κ3) is 3.67. The lowest BCUT2D eigenvalue weighted by Crippen LogP contribution is -2.40. The number of nitrogens with zero attached hydrogens (tertiary/aromatic N) is 1. The molecule has 134 valence electrons. The number of carboxylic acid groups (broad SMARTS) is 1. The quantitative estimate of drug-likeness (QED) is 0.857. The first-order valence-corrected chi connectivity index (χ1v) is 8.70. The monoisotopic (exact) mass is 351 g/mol. The molecule has 1 amide bonds. The highest BCUT2D eigenvalue weighted by Crippen LogP contribution is 2.24. The van der Waals surface area contributed by atoms with Crippen LogP contribution in [-0.2, 0) is 0 Å². The molecule has 0 spiro atoms. The molecule has 0 unspecified atom stereocenters. The molecule has 5 nitrogen and oxygen atoms in total. The molecule has 1 aliphatic rings. The van der Waals surface area contributed by atoms with Gasteiger partial charge in [0.05, 0.1) is 11.1 Å². The number of carboxylic acids is 1. The summed E-state index contributed by atoms with van der Waals surface area (Å²) in [7, 11) is 0. The first kappa shape index (κ1) is 17.9. The molecule has 0 saturated carbocycles. The second kappa shape index (κ2) is 7.52. The second-order valence-electron chi connectivity index (χ2n) is 6.65. The third-order valence-corrected chi connectivity index (χ3v) is 4.88. The lowest BCUT2D eigenvalue weighted by Gasteiger charge is -2.31. The summed E-state index contributed by atoms with van der Waals surface area (Å²) >= 11 is 0. The van der Waals surface area contributed by atoms with Gasteiger partial charge in [-0.2, -0.15) is 0 Å². The van der Waals surface area contributed by atoms with Gasteiger partial charge in [0, 0.05) is 24.6 Å². The topological polar surface area (TPSA) is 74.7 Å². The molecule has 1 aliphatic heterocycles. The molecule has 26 heavy (non-hydrogen) atoms. The van der Waals surface area contributed by atoms with E-state index in [2.05, 4.69) is 0 Å². The molecule has 3 rings (SSSR count). The maximum atomic E-state index is 12.7. The van der Waals surface area contributed by atoms with Gasteiger partial charge in [-0.3, -0.25) is 9.59 Å². The zero-order valence-corrected chi connectivity index (χ0v) is 14.6. The van der Waals surface area contributed by atoms with Gasteiger partial charge >= 0.3 is 5.97 Å². The van der Waals surface area contributed by atoms with Crippen molar-refractivity contribution in [3.05, 3.63) is 70.8 Å². The fourth-order valence-corrected chi connectivity index (χ4v) is 3.32. The number of ketones is 1. The van der Waals surface area contributed by atoms with Crippen molar-refractivity contribution in [1.82, 2.24) is 4.90 Å². The molecule has 1 N–H and O–H groups in total. The van der Waals surface area contributed by atoms with Crippen LogP contribution in [0.5, 0.6) is 0 Å². The molecule has 0 bridgehead atoms. The number of aryl methyl sites for hydroxylation is 1. The molecule has 1 saturated heterocycles. The van der Waals surface area contributed by atoms with E-state index in [4.69, 9.17) is 0 Å². The molecular formula is C21H21NO4. The normalized spacial score (nSPS) is 14.9. The van der Waals surface area contributed by atoms with E-state index in [1.54, 1.807) is 17.0 Å². The summed E-state index contributed by atoms with van der Waals surface area (Å²) in [4.78, 5) is 38.3. The number of aromatic carboxylic acids is 1. The molecule has 0 atom stereocenters. The predicted octanol–water partition coefficient (Wildman–Crippen LogP) is 3.43. The van der Waals surface area contributed by atoms with Crippen LogP contribution in [0.25, 0.3) is 0 Å². The summed E-state index contributed by atoms with van der Waals surface area (Å²) in [6.07, 6.45) is 1.18. The minimum absolute atomic E-state index is 0.00959. The van der Waals surface area contributed by atoms with Crippen molar-refractivity contribution in [3.8, 4) is 0 Å². The van der Waals surface area contributed by atoms with Crippen molar-refractivity contribution in [2.75, 3.05) is 13.1 Å². The number of benzene rings is 2. The SMILES string of the molecule is Cc1ccc(C(=O)C2CCN(C(=O)c3ccccc3C(=O)O)CC2)cc1. The van der Waals surface area contributed by atoms with E-state index in [0.29, 0.717) is 31.5 Å². The van der Waals surface area contributed by atoms with Crippen molar-refractivity contribution in [2.24, 2.45) is 5.92 Å². The molecule has 0 aliphatic carbocycles. The molecule has 1 fully saturated rings. The summed E-state index contributed by atoms with van der Waals surface area (Å²) in [5.74, 6) is -1.39. The Morgan fingerprint density at radius 2 is 1.50 bits per heavy atom. The van der Waals surface area contributed by atoms with Crippen LogP contribution in [-0.4, -0.2) is 40.8 Å². The van der Waals surface area contributed by atoms with Crippen molar-refractivity contribution >= 4 is 17.7 Å². The van der Waals surface area contributed by atoms with E-state index in [0.717, 1.165) is 5.56 Å². The Morgan fingerprint density at radius 3 is 2.08 bits per heavy atom. The maximum Gasteiger partial charge on any atom is 0.336 e. The summed E-state index contributed by atoms with van der Waals surface area (Å²) in [5.41, 5.74) is 2.02. The smallest absolute Gasteiger partial charge is 0.336 e. The Kier molecular flexibility index (Phi) is 5.16. The average molecular weight is 351 g/mol. The van der Waals surface area contributed by atoms with Crippen LogP contribution in [0, 0.1) is 12.8 Å². The minimum Gasteiger partial charge on any atom is -0.478 e. The first-order chi connectivity index (χ1) is 12.5. The molecule has 1 heterocycles. The van der Waals surface area contributed by atoms with Crippen LogP contribution >= 0.6 is 0 Å². The Morgan fingerprint density at radius 1 is 0.923 bits per heavy atom. The van der Waals surface area contributed by atoms with E-state index < -0.39 is 5.97 Å². The number of Topliss-reactive ketones (excluding diaryl/α,β-unsaturated/α-hetero) is 1. The van der Waals surface area contributed by atoms with Gasteiger partial charge in [0.25, 0.3) is 5.91 Å². The number of hydrogen-bond acceptors (Lipinski definition) is 3. The third-order valence-electron chi connectivity index (χ3n) is 4.88. The van der Waals surface area contributed by atoms with Crippen LogP contribution in [0.1, 0.15) is 49.5 Å². The standard InChI is InChI=1S/C21H21NO4/c1-14-6-8-15(9-7-14)19(23)16-10-12-22(13-11-16)20(24)17-4-2-3-5-18(17)21(25)26/h2-9,16H,10-13H2,1H3,(H,25,26). The minimum atomic E-state index is -1.11. The Hall–Kier alpha value is -2.95. The number of hydrogen-bond donors (Lipinski definition) is 1. The first-order valence-electron chi connectivity index (χ1n) is 8.70. The molecular weight excluding hydrogens is 330 g/mol. The van der Waals surface area contributed by atoms with E-state index in [9.17, 15) is 19.5 Å². The van der Waals surface area contributed by atoms with E-state index >= 15 is 0 Å². The zero-order valence-electron chi connectivity index (χ0n) is 14.6. The number of amides is 1. The van der Waals surface area contributed by atoms with Crippen LogP contribution in [0.4, 0.5) is 0 Å².